The fraction of sp³-hybridized carbons (Fsp3) is 0.200. The van der Waals surface area contributed by atoms with Crippen molar-refractivity contribution < 1.29 is 0 Å². The molecule has 5 nitrogen and oxygen atoms in total. The first-order valence-corrected chi connectivity index (χ1v) is 2.89. The number of nitrogens with zero attached hydrogens (tertiary/aromatic N) is 4. The van der Waals surface area contributed by atoms with Gasteiger partial charge in [0.1, 0.15) is 0 Å². The van der Waals surface area contributed by atoms with Crippen molar-refractivity contribution in [3.05, 3.63) is 18.0 Å². The lowest BCUT2D eigenvalue weighted by atomic mass is 10.2. The quantitative estimate of drug-likeness (QED) is 0.610. The lowest BCUT2D eigenvalue weighted by Gasteiger charge is -1.93. The highest BCUT2D eigenvalue weighted by Gasteiger charge is 2.11. The average molecular weight is 135 g/mol. The molecule has 5 heteroatoms. The van der Waals surface area contributed by atoms with Crippen LogP contribution in [0.1, 0.15) is 11.7 Å². The van der Waals surface area contributed by atoms with Gasteiger partial charge in [-0.15, -0.1) is 5.10 Å². The van der Waals surface area contributed by atoms with E-state index in [1.807, 2.05) is 6.07 Å². The first kappa shape index (κ1) is 5.28. The summed E-state index contributed by atoms with van der Waals surface area (Å²) in [6.45, 7) is 0. The number of nitrogens with one attached hydrogen (secondary N) is 1. The molecule has 0 radical (unpaired) electrons. The summed E-state index contributed by atoms with van der Waals surface area (Å²) in [5.74, 6) is 0. The minimum atomic E-state index is -0.0532. The summed E-state index contributed by atoms with van der Waals surface area (Å²) in [6.07, 6.45) is 3.34. The smallest absolute Gasteiger partial charge is 0.151 e. The maximum absolute atomic E-state index is 3.81. The molecule has 0 saturated carbocycles. The second kappa shape index (κ2) is 2.02. The molecule has 0 aromatic carbocycles. The molecule has 1 aromatic rings. The van der Waals surface area contributed by atoms with Crippen LogP contribution in [0, 0.1) is 0 Å². The van der Waals surface area contributed by atoms with Crippen molar-refractivity contribution in [3.8, 4) is 0 Å². The van der Waals surface area contributed by atoms with Crippen molar-refractivity contribution in [1.82, 2.24) is 10.2 Å². The van der Waals surface area contributed by atoms with Gasteiger partial charge >= 0.3 is 0 Å². The Hall–Kier alpha value is -1.52. The fourth-order valence-electron chi connectivity index (χ4n) is 0.782. The molecule has 0 aliphatic carbocycles. The second-order valence-corrected chi connectivity index (χ2v) is 1.93. The van der Waals surface area contributed by atoms with Crippen LogP contribution >= 0.6 is 0 Å². The van der Waals surface area contributed by atoms with Gasteiger partial charge in [0.25, 0.3) is 0 Å². The van der Waals surface area contributed by atoms with Gasteiger partial charge in [-0.25, -0.2) is 0 Å². The van der Waals surface area contributed by atoms with E-state index in [9.17, 15) is 0 Å². The zero-order valence-electron chi connectivity index (χ0n) is 5.10. The Morgan fingerprint density at radius 1 is 1.50 bits per heavy atom. The van der Waals surface area contributed by atoms with Crippen LogP contribution in [0.2, 0.25) is 0 Å². The summed E-state index contributed by atoms with van der Waals surface area (Å²) in [7, 11) is 0. The number of hydrogen-bond acceptors (Lipinski definition) is 4. The third-order valence-electron chi connectivity index (χ3n) is 1.28. The van der Waals surface area contributed by atoms with E-state index in [1.165, 1.54) is 0 Å². The predicted molar refractivity (Wildman–Crippen MR) is 34.7 cm³/mol. The normalized spacial score (nSPS) is 22.2. The van der Waals surface area contributed by atoms with Gasteiger partial charge in [0.05, 0.1) is 11.9 Å². The number of rotatable bonds is 1. The number of aromatic amines is 1. The highest BCUT2D eigenvalue weighted by Crippen LogP contribution is 2.15. The lowest BCUT2D eigenvalue weighted by molar-refractivity contribution is 0.856. The minimum Gasteiger partial charge on any atom is -0.280 e. The molecule has 1 atom stereocenters. The summed E-state index contributed by atoms with van der Waals surface area (Å²) in [6, 6.07) is 1.79. The molecule has 0 spiro atoms. The molecule has 0 fully saturated rings. The zero-order valence-corrected chi connectivity index (χ0v) is 5.10. The molecule has 1 unspecified atom stereocenters. The van der Waals surface area contributed by atoms with Crippen molar-refractivity contribution in [3.63, 3.8) is 0 Å². The van der Waals surface area contributed by atoms with Gasteiger partial charge < -0.3 is 0 Å². The first-order valence-electron chi connectivity index (χ1n) is 2.89. The van der Waals surface area contributed by atoms with Crippen molar-refractivity contribution >= 4 is 6.21 Å². The number of hydrogen-bond donors (Lipinski definition) is 1. The molecule has 1 aliphatic rings. The Kier molecular flexibility index (Phi) is 1.06. The fourth-order valence-corrected chi connectivity index (χ4v) is 0.782. The Morgan fingerprint density at radius 2 is 2.50 bits per heavy atom. The van der Waals surface area contributed by atoms with Crippen LogP contribution in [0.3, 0.4) is 0 Å². The maximum atomic E-state index is 3.81. The highest BCUT2D eigenvalue weighted by molar-refractivity contribution is 5.67. The van der Waals surface area contributed by atoms with Crippen LogP contribution in [-0.4, -0.2) is 16.4 Å². The van der Waals surface area contributed by atoms with Gasteiger partial charge in [-0.05, 0) is 11.3 Å². The van der Waals surface area contributed by atoms with Crippen LogP contribution in [-0.2, 0) is 0 Å². The van der Waals surface area contributed by atoms with Crippen LogP contribution < -0.4 is 0 Å². The summed E-state index contributed by atoms with van der Waals surface area (Å²) in [4.78, 5) is 0. The molecule has 0 bridgehead atoms. The standard InChI is InChI=1S/C5H5N5/c1-2-6-8-4(1)5-3-7-10-9-5/h1-3,5H,(H,6,8). The first-order chi connectivity index (χ1) is 4.97. The molecule has 1 aliphatic heterocycles. The van der Waals surface area contributed by atoms with Crippen molar-refractivity contribution in [2.24, 2.45) is 15.4 Å². The molecule has 0 amide bonds. The Labute approximate surface area is 56.9 Å². The second-order valence-electron chi connectivity index (χ2n) is 1.93. The SMILES string of the molecule is C1=NN=NC1c1ccn[nH]1. The Balaban J connectivity index is 2.29. The van der Waals surface area contributed by atoms with Gasteiger partial charge in [0.15, 0.2) is 6.04 Å². The third-order valence-corrected chi connectivity index (χ3v) is 1.28. The molecule has 2 heterocycles. The van der Waals surface area contributed by atoms with E-state index in [0.717, 1.165) is 5.69 Å². The summed E-state index contributed by atoms with van der Waals surface area (Å²) in [5, 5.41) is 17.4. The molecular formula is C5H5N5. The van der Waals surface area contributed by atoms with Gasteiger partial charge in [-0.3, -0.25) is 5.10 Å². The molecule has 2 rings (SSSR count). The van der Waals surface area contributed by atoms with Crippen molar-refractivity contribution in [1.29, 1.82) is 0 Å². The summed E-state index contributed by atoms with van der Waals surface area (Å²) in [5.41, 5.74) is 0.921. The van der Waals surface area contributed by atoms with E-state index in [0.29, 0.717) is 0 Å². The number of aromatic nitrogens is 2. The molecule has 0 saturated heterocycles. The lowest BCUT2D eigenvalue weighted by Crippen LogP contribution is -1.92. The molecule has 10 heavy (non-hydrogen) atoms. The van der Waals surface area contributed by atoms with Crippen molar-refractivity contribution in [2.45, 2.75) is 6.04 Å². The van der Waals surface area contributed by atoms with E-state index < -0.39 is 0 Å². The summed E-state index contributed by atoms with van der Waals surface area (Å²) < 4.78 is 0. The van der Waals surface area contributed by atoms with E-state index >= 15 is 0 Å². The molecular weight excluding hydrogens is 130 g/mol. The van der Waals surface area contributed by atoms with Crippen molar-refractivity contribution in [2.75, 3.05) is 0 Å². The Morgan fingerprint density at radius 3 is 3.10 bits per heavy atom. The van der Waals surface area contributed by atoms with E-state index in [2.05, 4.69) is 25.6 Å². The molecule has 1 aromatic heterocycles. The highest BCUT2D eigenvalue weighted by atomic mass is 15.4. The molecule has 50 valence electrons. The van der Waals surface area contributed by atoms with Crippen LogP contribution in [0.25, 0.3) is 0 Å². The van der Waals surface area contributed by atoms with E-state index in [1.54, 1.807) is 12.4 Å². The van der Waals surface area contributed by atoms with Gasteiger partial charge in [0.2, 0.25) is 0 Å². The average Bonchev–Trinajstić information content (AvgIpc) is 2.59. The number of H-pyrrole nitrogens is 1. The Bertz CT molecular complexity index is 248. The molecule has 1 N–H and O–H groups in total. The van der Waals surface area contributed by atoms with Crippen LogP contribution in [0.4, 0.5) is 0 Å². The summed E-state index contributed by atoms with van der Waals surface area (Å²) >= 11 is 0. The van der Waals surface area contributed by atoms with Gasteiger partial charge in [-0.2, -0.15) is 10.2 Å². The van der Waals surface area contributed by atoms with Gasteiger partial charge in [-0.1, -0.05) is 0 Å². The van der Waals surface area contributed by atoms with E-state index in [4.69, 9.17) is 0 Å². The largest absolute Gasteiger partial charge is 0.280 e. The predicted octanol–water partition coefficient (Wildman–Crippen LogP) is 0.902. The maximum Gasteiger partial charge on any atom is 0.151 e. The van der Waals surface area contributed by atoms with Crippen LogP contribution in [0.5, 0.6) is 0 Å². The third kappa shape index (κ3) is 0.717. The van der Waals surface area contributed by atoms with E-state index in [-0.39, 0.29) is 6.04 Å². The topological polar surface area (TPSA) is 65.8 Å². The zero-order chi connectivity index (χ0) is 6.81. The minimum absolute atomic E-state index is 0.0532. The van der Waals surface area contributed by atoms with Gasteiger partial charge in [0, 0.05) is 6.20 Å². The van der Waals surface area contributed by atoms with Crippen LogP contribution in [0.15, 0.2) is 27.7 Å². The monoisotopic (exact) mass is 135 g/mol.